The molecular weight excluding hydrogens is 372 g/mol. The number of carbonyl (C=O) groups is 1. The molecule has 10 heteroatoms. The summed E-state index contributed by atoms with van der Waals surface area (Å²) in [6.07, 6.45) is 2.82. The lowest BCUT2D eigenvalue weighted by Crippen LogP contribution is -2.25. The fourth-order valence-corrected chi connectivity index (χ4v) is 3.19. The summed E-state index contributed by atoms with van der Waals surface area (Å²) >= 11 is 1.25. The van der Waals surface area contributed by atoms with Crippen molar-refractivity contribution in [3.05, 3.63) is 76.4 Å². The maximum Gasteiger partial charge on any atom is 0.433 e. The quantitative estimate of drug-likeness (QED) is 0.292. The Bertz CT molecular complexity index is 1110. The number of para-hydroxylation sites is 1. The van der Waals surface area contributed by atoms with Crippen molar-refractivity contribution in [1.82, 2.24) is 4.98 Å². The largest absolute Gasteiger partial charge is 0.463 e. The van der Waals surface area contributed by atoms with Gasteiger partial charge in [-0.25, -0.2) is 4.98 Å². The molecule has 134 valence electrons. The lowest BCUT2D eigenvalue weighted by molar-refractivity contribution is -0.402. The number of hydrazone groups is 1. The highest BCUT2D eigenvalue weighted by molar-refractivity contribution is 7.22. The number of rotatable bonds is 5. The summed E-state index contributed by atoms with van der Waals surface area (Å²) < 4.78 is 11.1. The van der Waals surface area contributed by atoms with Crippen LogP contribution in [0.2, 0.25) is 0 Å². The zero-order valence-corrected chi connectivity index (χ0v) is 14.3. The molecule has 0 fully saturated rings. The molecule has 0 bridgehead atoms. The van der Waals surface area contributed by atoms with Crippen molar-refractivity contribution < 1.29 is 18.6 Å². The molecule has 9 nitrogen and oxygen atoms in total. The molecule has 1 amide bonds. The molecule has 0 aliphatic heterocycles. The smallest absolute Gasteiger partial charge is 0.433 e. The number of anilines is 1. The molecule has 4 aromatic rings. The van der Waals surface area contributed by atoms with Gasteiger partial charge in [0.25, 0.3) is 0 Å². The van der Waals surface area contributed by atoms with Crippen molar-refractivity contribution in [2.75, 3.05) is 5.01 Å². The topological polar surface area (TPSA) is 115 Å². The van der Waals surface area contributed by atoms with Gasteiger partial charge in [0, 0.05) is 0 Å². The lowest BCUT2D eigenvalue weighted by Gasteiger charge is -2.11. The van der Waals surface area contributed by atoms with E-state index in [-0.39, 0.29) is 5.76 Å². The second kappa shape index (κ2) is 6.84. The Morgan fingerprint density at radius 3 is 2.78 bits per heavy atom. The monoisotopic (exact) mass is 382 g/mol. The van der Waals surface area contributed by atoms with Gasteiger partial charge < -0.3 is 8.83 Å². The van der Waals surface area contributed by atoms with E-state index in [0.29, 0.717) is 16.4 Å². The first-order chi connectivity index (χ1) is 13.1. The SMILES string of the molecule is O=C(c1ccc([N+](=O)[O-])o1)N(/N=C\c1ccco1)c1nc2ccccc2s1. The van der Waals surface area contributed by atoms with E-state index < -0.39 is 16.7 Å². The van der Waals surface area contributed by atoms with E-state index >= 15 is 0 Å². The Labute approximate surface area is 155 Å². The van der Waals surface area contributed by atoms with Gasteiger partial charge in [-0.1, -0.05) is 23.5 Å². The molecule has 0 atom stereocenters. The Hall–Kier alpha value is -3.79. The van der Waals surface area contributed by atoms with Crippen LogP contribution in [0.4, 0.5) is 11.0 Å². The molecule has 0 radical (unpaired) electrons. The summed E-state index contributed by atoms with van der Waals surface area (Å²) in [7, 11) is 0. The number of carbonyl (C=O) groups excluding carboxylic acids is 1. The maximum atomic E-state index is 12.8. The molecule has 3 heterocycles. The van der Waals surface area contributed by atoms with Gasteiger partial charge in [0.2, 0.25) is 10.9 Å². The minimum atomic E-state index is -0.717. The Morgan fingerprint density at radius 1 is 1.22 bits per heavy atom. The summed E-state index contributed by atoms with van der Waals surface area (Å²) in [6.45, 7) is 0. The van der Waals surface area contributed by atoms with Gasteiger partial charge in [-0.3, -0.25) is 14.9 Å². The molecule has 0 saturated carbocycles. The van der Waals surface area contributed by atoms with Crippen LogP contribution in [-0.4, -0.2) is 22.0 Å². The molecule has 0 saturated heterocycles. The summed E-state index contributed by atoms with van der Waals surface area (Å²) in [5.41, 5.74) is 0.703. The highest BCUT2D eigenvalue weighted by Crippen LogP contribution is 2.30. The van der Waals surface area contributed by atoms with Gasteiger partial charge in [-0.05, 0) is 30.3 Å². The third-order valence-electron chi connectivity index (χ3n) is 3.48. The van der Waals surface area contributed by atoms with Gasteiger partial charge in [0.15, 0.2) is 0 Å². The number of thiazole rings is 1. The molecule has 3 aromatic heterocycles. The van der Waals surface area contributed by atoms with Crippen molar-refractivity contribution >= 4 is 44.7 Å². The average Bonchev–Trinajstić information content (AvgIpc) is 3.41. The number of furan rings is 2. The normalized spacial score (nSPS) is 11.3. The molecule has 0 spiro atoms. The van der Waals surface area contributed by atoms with E-state index in [0.717, 1.165) is 15.8 Å². The van der Waals surface area contributed by atoms with E-state index in [4.69, 9.17) is 8.83 Å². The highest BCUT2D eigenvalue weighted by atomic mass is 32.1. The first-order valence-corrected chi connectivity index (χ1v) is 8.45. The van der Waals surface area contributed by atoms with Crippen LogP contribution in [0.3, 0.4) is 0 Å². The second-order valence-corrected chi connectivity index (χ2v) is 6.25. The molecule has 0 aliphatic carbocycles. The third kappa shape index (κ3) is 3.33. The molecule has 0 N–H and O–H groups in total. The fourth-order valence-electron chi connectivity index (χ4n) is 2.26. The van der Waals surface area contributed by atoms with Gasteiger partial charge >= 0.3 is 11.8 Å². The van der Waals surface area contributed by atoms with Crippen LogP contribution in [0.25, 0.3) is 10.2 Å². The van der Waals surface area contributed by atoms with Crippen molar-refractivity contribution in [2.45, 2.75) is 0 Å². The zero-order chi connectivity index (χ0) is 18.8. The van der Waals surface area contributed by atoms with Crippen LogP contribution in [0.5, 0.6) is 0 Å². The Morgan fingerprint density at radius 2 is 2.07 bits per heavy atom. The lowest BCUT2D eigenvalue weighted by atomic mass is 10.3. The van der Waals surface area contributed by atoms with Crippen molar-refractivity contribution in [1.29, 1.82) is 0 Å². The summed E-state index contributed by atoms with van der Waals surface area (Å²) in [4.78, 5) is 27.3. The summed E-state index contributed by atoms with van der Waals surface area (Å²) in [6, 6.07) is 13.1. The maximum absolute atomic E-state index is 12.8. The van der Waals surface area contributed by atoms with E-state index in [1.54, 1.807) is 12.1 Å². The van der Waals surface area contributed by atoms with Crippen molar-refractivity contribution in [3.63, 3.8) is 0 Å². The molecule has 0 aliphatic rings. The van der Waals surface area contributed by atoms with Gasteiger partial charge in [-0.15, -0.1) is 0 Å². The van der Waals surface area contributed by atoms with Gasteiger partial charge in [0.1, 0.15) is 10.7 Å². The van der Waals surface area contributed by atoms with Gasteiger partial charge in [-0.2, -0.15) is 10.1 Å². The molecule has 27 heavy (non-hydrogen) atoms. The van der Waals surface area contributed by atoms with Crippen LogP contribution >= 0.6 is 11.3 Å². The van der Waals surface area contributed by atoms with Crippen LogP contribution < -0.4 is 5.01 Å². The molecule has 1 aromatic carbocycles. The number of hydrogen-bond donors (Lipinski definition) is 0. The molecule has 4 rings (SSSR count). The van der Waals surface area contributed by atoms with Crippen LogP contribution in [-0.2, 0) is 0 Å². The molecular formula is C17H10N4O5S. The van der Waals surface area contributed by atoms with E-state index in [1.165, 1.54) is 29.9 Å². The first-order valence-electron chi connectivity index (χ1n) is 7.63. The minimum Gasteiger partial charge on any atom is -0.463 e. The van der Waals surface area contributed by atoms with Crippen molar-refractivity contribution in [3.8, 4) is 0 Å². The fraction of sp³-hybridized carbons (Fsp3) is 0. The van der Waals surface area contributed by atoms with E-state index in [9.17, 15) is 14.9 Å². The average molecular weight is 382 g/mol. The number of benzene rings is 1. The van der Waals surface area contributed by atoms with Crippen LogP contribution in [0.15, 0.2) is 68.7 Å². The van der Waals surface area contributed by atoms with Crippen molar-refractivity contribution in [2.24, 2.45) is 5.10 Å². The molecule has 0 unspecified atom stereocenters. The summed E-state index contributed by atoms with van der Waals surface area (Å²) in [5.74, 6) is -1.01. The van der Waals surface area contributed by atoms with E-state index in [2.05, 4.69) is 10.1 Å². The highest BCUT2D eigenvalue weighted by Gasteiger charge is 2.26. The first kappa shape index (κ1) is 16.7. The number of nitro groups is 1. The van der Waals surface area contributed by atoms with E-state index in [1.807, 2.05) is 24.3 Å². The Balaban J connectivity index is 1.74. The Kier molecular flexibility index (Phi) is 4.22. The zero-order valence-electron chi connectivity index (χ0n) is 13.5. The minimum absolute atomic E-state index is 0.224. The van der Waals surface area contributed by atoms with Crippen LogP contribution in [0.1, 0.15) is 16.3 Å². The number of amides is 1. The third-order valence-corrected chi connectivity index (χ3v) is 4.49. The predicted molar refractivity (Wildman–Crippen MR) is 98.1 cm³/mol. The number of nitrogens with zero attached hydrogens (tertiary/aromatic N) is 4. The number of hydrogen-bond acceptors (Lipinski definition) is 8. The standard InChI is InChI=1S/C17H10N4O5S/c22-16(13-7-8-15(26-13)21(23)24)20(18-10-11-4-3-9-25-11)17-19-12-5-1-2-6-14(12)27-17/h1-10H/b18-10-. The summed E-state index contributed by atoms with van der Waals surface area (Å²) in [5, 5.41) is 16.3. The van der Waals surface area contributed by atoms with Gasteiger partial charge in [0.05, 0.1) is 28.8 Å². The number of aromatic nitrogens is 1. The van der Waals surface area contributed by atoms with Crippen LogP contribution in [0, 0.1) is 10.1 Å². The predicted octanol–water partition coefficient (Wildman–Crippen LogP) is 4.07. The second-order valence-electron chi connectivity index (χ2n) is 5.24. The number of fused-ring (bicyclic) bond motifs is 1.